The second-order valence-corrected chi connectivity index (χ2v) is 7.71. The molecule has 0 bridgehead atoms. The average Bonchev–Trinajstić information content (AvgIpc) is 2.76. The Labute approximate surface area is 174 Å². The number of amides is 1. The molecule has 3 rings (SSSR count). The van der Waals surface area contributed by atoms with Gasteiger partial charge in [0, 0.05) is 44.3 Å². The first-order chi connectivity index (χ1) is 14.2. The summed E-state index contributed by atoms with van der Waals surface area (Å²) >= 11 is 0. The minimum atomic E-state index is -0.0371. The molecule has 2 aromatic carbocycles. The molecule has 0 aliphatic carbocycles. The van der Waals surface area contributed by atoms with Gasteiger partial charge in [-0.1, -0.05) is 43.3 Å². The Morgan fingerprint density at radius 1 is 1.14 bits per heavy atom. The average molecular weight is 396 g/mol. The van der Waals surface area contributed by atoms with Crippen LogP contribution in [0.1, 0.15) is 41.7 Å². The third-order valence-electron chi connectivity index (χ3n) is 5.36. The molecule has 0 spiro atoms. The Morgan fingerprint density at radius 3 is 2.76 bits per heavy atom. The number of likely N-dealkylation sites (N-methyl/N-ethyl adjacent to an activating group) is 1. The van der Waals surface area contributed by atoms with Gasteiger partial charge in [-0.2, -0.15) is 0 Å². The van der Waals surface area contributed by atoms with Gasteiger partial charge >= 0.3 is 0 Å². The summed E-state index contributed by atoms with van der Waals surface area (Å²) in [6.07, 6.45) is 1.89. The van der Waals surface area contributed by atoms with Crippen LogP contribution in [0.3, 0.4) is 0 Å². The first-order valence-electron chi connectivity index (χ1n) is 10.7. The lowest BCUT2D eigenvalue weighted by molar-refractivity contribution is 0.0865. The number of nitrogens with one attached hydrogen (secondary N) is 1. The molecule has 1 aliphatic heterocycles. The zero-order chi connectivity index (χ0) is 20.5. The standard InChI is InChI=1S/C24H33N3O2/c1-3-17-29-22-12-7-11-21(18-22)24(28)25-13-8-14-27-16-15-26(2)19-23(27)20-9-5-4-6-10-20/h4-7,9-12,18,23H,3,8,13-17,19H2,1-2H3,(H,25,28). The number of hydrogen-bond donors (Lipinski definition) is 1. The summed E-state index contributed by atoms with van der Waals surface area (Å²) in [6, 6.07) is 18.5. The van der Waals surface area contributed by atoms with Crippen molar-refractivity contribution in [2.75, 3.05) is 46.4 Å². The summed E-state index contributed by atoms with van der Waals surface area (Å²) in [5.41, 5.74) is 2.02. The zero-order valence-electron chi connectivity index (χ0n) is 17.6. The van der Waals surface area contributed by atoms with E-state index in [-0.39, 0.29) is 5.91 Å². The predicted molar refractivity (Wildman–Crippen MR) is 117 cm³/mol. The highest BCUT2D eigenvalue weighted by Gasteiger charge is 2.25. The Balaban J connectivity index is 1.48. The van der Waals surface area contributed by atoms with Crippen LogP contribution in [-0.2, 0) is 0 Å². The number of hydrogen-bond acceptors (Lipinski definition) is 4. The number of ether oxygens (including phenoxy) is 1. The number of piperazine rings is 1. The largest absolute Gasteiger partial charge is 0.494 e. The van der Waals surface area contributed by atoms with Gasteiger partial charge < -0.3 is 15.0 Å². The van der Waals surface area contributed by atoms with Gasteiger partial charge in [-0.25, -0.2) is 0 Å². The molecule has 5 heteroatoms. The van der Waals surface area contributed by atoms with E-state index in [0.29, 0.717) is 24.8 Å². The Kier molecular flexibility index (Phi) is 8.08. The fraction of sp³-hybridized carbons (Fsp3) is 0.458. The maximum Gasteiger partial charge on any atom is 0.251 e. The fourth-order valence-electron chi connectivity index (χ4n) is 3.75. The number of benzene rings is 2. The number of nitrogens with zero attached hydrogens (tertiary/aromatic N) is 2. The van der Waals surface area contributed by atoms with Gasteiger partial charge in [0.05, 0.1) is 6.61 Å². The maximum atomic E-state index is 12.5. The van der Waals surface area contributed by atoms with E-state index in [4.69, 9.17) is 4.74 Å². The van der Waals surface area contributed by atoms with E-state index in [9.17, 15) is 4.79 Å². The van der Waals surface area contributed by atoms with Crippen molar-refractivity contribution in [1.82, 2.24) is 15.1 Å². The number of rotatable bonds is 9. The van der Waals surface area contributed by atoms with E-state index < -0.39 is 0 Å². The quantitative estimate of drug-likeness (QED) is 0.659. The van der Waals surface area contributed by atoms with E-state index >= 15 is 0 Å². The van der Waals surface area contributed by atoms with Gasteiger partial charge in [0.25, 0.3) is 5.91 Å². The van der Waals surface area contributed by atoms with Crippen LogP contribution in [0.5, 0.6) is 5.75 Å². The second kappa shape index (κ2) is 11.0. The zero-order valence-corrected chi connectivity index (χ0v) is 17.6. The Morgan fingerprint density at radius 2 is 1.97 bits per heavy atom. The first kappa shape index (κ1) is 21.3. The van der Waals surface area contributed by atoms with Crippen molar-refractivity contribution >= 4 is 5.91 Å². The van der Waals surface area contributed by atoms with E-state index in [0.717, 1.165) is 44.8 Å². The van der Waals surface area contributed by atoms with E-state index in [2.05, 4.69) is 59.4 Å². The molecule has 1 unspecified atom stereocenters. The minimum absolute atomic E-state index is 0.0371. The molecule has 1 amide bonds. The molecule has 2 aromatic rings. The van der Waals surface area contributed by atoms with Crippen molar-refractivity contribution in [3.8, 4) is 5.75 Å². The summed E-state index contributed by atoms with van der Waals surface area (Å²) < 4.78 is 5.62. The lowest BCUT2D eigenvalue weighted by Gasteiger charge is -2.40. The van der Waals surface area contributed by atoms with Gasteiger partial charge in [0.1, 0.15) is 5.75 Å². The molecular weight excluding hydrogens is 362 g/mol. The van der Waals surface area contributed by atoms with Crippen molar-refractivity contribution in [3.63, 3.8) is 0 Å². The Bertz CT molecular complexity index is 766. The van der Waals surface area contributed by atoms with Crippen LogP contribution in [-0.4, -0.2) is 62.1 Å². The monoisotopic (exact) mass is 395 g/mol. The molecule has 0 aromatic heterocycles. The molecule has 5 nitrogen and oxygen atoms in total. The van der Waals surface area contributed by atoms with Crippen LogP contribution in [0.15, 0.2) is 54.6 Å². The molecule has 156 valence electrons. The Hall–Kier alpha value is -2.37. The normalized spacial score (nSPS) is 17.8. The van der Waals surface area contributed by atoms with Gasteiger partial charge in [0.15, 0.2) is 0 Å². The lowest BCUT2D eigenvalue weighted by Crippen LogP contribution is -2.47. The summed E-state index contributed by atoms with van der Waals surface area (Å²) in [5, 5.41) is 3.05. The number of carbonyl (C=O) groups excluding carboxylic acids is 1. The van der Waals surface area contributed by atoms with Crippen LogP contribution < -0.4 is 10.1 Å². The summed E-state index contributed by atoms with van der Waals surface area (Å²) in [6.45, 7) is 7.57. The maximum absolute atomic E-state index is 12.5. The molecule has 1 atom stereocenters. The highest BCUT2D eigenvalue weighted by molar-refractivity contribution is 5.94. The van der Waals surface area contributed by atoms with Crippen molar-refractivity contribution in [2.45, 2.75) is 25.8 Å². The van der Waals surface area contributed by atoms with Crippen molar-refractivity contribution in [2.24, 2.45) is 0 Å². The molecule has 29 heavy (non-hydrogen) atoms. The van der Waals surface area contributed by atoms with Crippen LogP contribution in [0.2, 0.25) is 0 Å². The topological polar surface area (TPSA) is 44.8 Å². The number of carbonyl (C=O) groups is 1. The third-order valence-corrected chi connectivity index (χ3v) is 5.36. The molecule has 0 radical (unpaired) electrons. The first-order valence-corrected chi connectivity index (χ1v) is 10.7. The summed E-state index contributed by atoms with van der Waals surface area (Å²) in [7, 11) is 2.19. The van der Waals surface area contributed by atoms with Crippen LogP contribution in [0.4, 0.5) is 0 Å². The van der Waals surface area contributed by atoms with Gasteiger partial charge in [-0.05, 0) is 43.7 Å². The van der Waals surface area contributed by atoms with Gasteiger partial charge in [-0.3, -0.25) is 9.69 Å². The van der Waals surface area contributed by atoms with Crippen LogP contribution >= 0.6 is 0 Å². The smallest absolute Gasteiger partial charge is 0.251 e. The third kappa shape index (κ3) is 6.31. The highest BCUT2D eigenvalue weighted by Crippen LogP contribution is 2.24. The van der Waals surface area contributed by atoms with Gasteiger partial charge in [0.2, 0.25) is 0 Å². The SMILES string of the molecule is CCCOc1cccc(C(=O)NCCCN2CCN(C)CC2c2ccccc2)c1. The predicted octanol–water partition coefficient (Wildman–Crippen LogP) is 3.58. The summed E-state index contributed by atoms with van der Waals surface area (Å²) in [4.78, 5) is 17.4. The molecule has 1 aliphatic rings. The highest BCUT2D eigenvalue weighted by atomic mass is 16.5. The van der Waals surface area contributed by atoms with Crippen LogP contribution in [0, 0.1) is 0 Å². The van der Waals surface area contributed by atoms with Crippen molar-refractivity contribution < 1.29 is 9.53 Å². The summed E-state index contributed by atoms with van der Waals surface area (Å²) in [5.74, 6) is 0.715. The molecule has 1 saturated heterocycles. The van der Waals surface area contributed by atoms with Crippen molar-refractivity contribution in [1.29, 1.82) is 0 Å². The van der Waals surface area contributed by atoms with E-state index in [1.165, 1.54) is 5.56 Å². The van der Waals surface area contributed by atoms with E-state index in [1.807, 2.05) is 24.3 Å². The van der Waals surface area contributed by atoms with E-state index in [1.54, 1.807) is 0 Å². The molecule has 1 fully saturated rings. The lowest BCUT2D eigenvalue weighted by atomic mass is 10.0. The van der Waals surface area contributed by atoms with Crippen molar-refractivity contribution in [3.05, 3.63) is 65.7 Å². The molecule has 0 saturated carbocycles. The fourth-order valence-corrected chi connectivity index (χ4v) is 3.75. The molecular formula is C24H33N3O2. The molecule has 1 N–H and O–H groups in total. The van der Waals surface area contributed by atoms with Gasteiger partial charge in [-0.15, -0.1) is 0 Å². The van der Waals surface area contributed by atoms with Crippen LogP contribution in [0.25, 0.3) is 0 Å². The minimum Gasteiger partial charge on any atom is -0.494 e. The second-order valence-electron chi connectivity index (χ2n) is 7.71. The molecule has 1 heterocycles.